The maximum absolute atomic E-state index is 6.29. The smallest absolute Gasteiger partial charge is 0.176 e. The molecule has 0 bridgehead atoms. The molecule has 3 rings (SSSR count). The summed E-state index contributed by atoms with van der Waals surface area (Å²) in [6, 6.07) is 11.4. The summed E-state index contributed by atoms with van der Waals surface area (Å²) in [6.45, 7) is 4.54. The highest BCUT2D eigenvalue weighted by molar-refractivity contribution is 7.80. The molecule has 0 unspecified atom stereocenters. The van der Waals surface area contributed by atoms with Crippen molar-refractivity contribution in [1.29, 1.82) is 0 Å². The maximum atomic E-state index is 6.29. The Hall–Kier alpha value is -1.79. The van der Waals surface area contributed by atoms with Crippen molar-refractivity contribution in [3.63, 3.8) is 0 Å². The first-order valence-corrected chi connectivity index (χ1v) is 9.68. The van der Waals surface area contributed by atoms with Crippen molar-refractivity contribution in [3.05, 3.63) is 74.4 Å². The van der Waals surface area contributed by atoms with Gasteiger partial charge in [0.1, 0.15) is 5.02 Å². The van der Waals surface area contributed by atoms with Crippen molar-refractivity contribution in [1.82, 2.24) is 9.78 Å². The van der Waals surface area contributed by atoms with Crippen LogP contribution in [0.3, 0.4) is 0 Å². The first kappa shape index (κ1) is 20.0. The summed E-state index contributed by atoms with van der Waals surface area (Å²) in [5.74, 6) is 0.476. The molecule has 0 aliphatic heterocycles. The molecule has 2 aromatic carbocycles. The molecule has 0 aliphatic rings. The molecule has 0 radical (unpaired) electrons. The van der Waals surface area contributed by atoms with Crippen LogP contribution in [0.1, 0.15) is 16.7 Å². The normalized spacial score (nSPS) is 10.7. The van der Waals surface area contributed by atoms with Crippen molar-refractivity contribution in [2.24, 2.45) is 0 Å². The van der Waals surface area contributed by atoms with Crippen LogP contribution in [0.5, 0.6) is 0 Å². The first-order valence-electron chi connectivity index (χ1n) is 8.14. The summed E-state index contributed by atoms with van der Waals surface area (Å²) >= 11 is 23.8. The average molecular weight is 440 g/mol. The molecular weight excluding hydrogens is 423 g/mol. The SMILES string of the molecule is Cc1ccc(NC(=S)Nc2nn(Cc3ccc(Cl)cc3Cl)cc2Cl)c(C)c1. The Labute approximate surface area is 178 Å². The Bertz CT molecular complexity index is 1000. The van der Waals surface area contributed by atoms with Gasteiger partial charge in [0.2, 0.25) is 0 Å². The van der Waals surface area contributed by atoms with E-state index in [0.717, 1.165) is 16.8 Å². The van der Waals surface area contributed by atoms with Crippen LogP contribution < -0.4 is 10.6 Å². The summed E-state index contributed by atoms with van der Waals surface area (Å²) in [6.07, 6.45) is 1.72. The van der Waals surface area contributed by atoms with E-state index in [9.17, 15) is 0 Å². The number of anilines is 2. The minimum atomic E-state index is 0.415. The lowest BCUT2D eigenvalue weighted by Gasteiger charge is -2.12. The molecule has 0 fully saturated rings. The molecule has 1 heterocycles. The fraction of sp³-hybridized carbons (Fsp3) is 0.158. The van der Waals surface area contributed by atoms with Gasteiger partial charge in [0.15, 0.2) is 10.9 Å². The second kappa shape index (κ2) is 8.48. The van der Waals surface area contributed by atoms with Gasteiger partial charge in [-0.05, 0) is 55.4 Å². The highest BCUT2D eigenvalue weighted by atomic mass is 35.5. The third-order valence-electron chi connectivity index (χ3n) is 3.93. The number of hydrogen-bond donors (Lipinski definition) is 2. The number of benzene rings is 2. The predicted octanol–water partition coefficient (Wildman–Crippen LogP) is 6.32. The molecule has 3 aromatic rings. The number of nitrogens with zero attached hydrogens (tertiary/aromatic N) is 2. The van der Waals surface area contributed by atoms with Crippen LogP contribution in [0.2, 0.25) is 15.1 Å². The minimum absolute atomic E-state index is 0.415. The molecule has 0 amide bonds. The van der Waals surface area contributed by atoms with Gasteiger partial charge >= 0.3 is 0 Å². The van der Waals surface area contributed by atoms with E-state index in [1.807, 2.05) is 32.0 Å². The molecule has 8 heteroatoms. The van der Waals surface area contributed by atoms with Crippen molar-refractivity contribution in [3.8, 4) is 0 Å². The standard InChI is InChI=1S/C19H17Cl3N4S/c1-11-3-6-17(12(2)7-11)23-19(27)24-18-16(22)10-26(25-18)9-13-4-5-14(20)8-15(13)21/h3-8,10H,9H2,1-2H3,(H2,23,24,25,27). The first-order chi connectivity index (χ1) is 12.8. The summed E-state index contributed by atoms with van der Waals surface area (Å²) < 4.78 is 1.69. The zero-order valence-electron chi connectivity index (χ0n) is 14.7. The summed E-state index contributed by atoms with van der Waals surface area (Å²) in [7, 11) is 0. The fourth-order valence-corrected chi connectivity index (χ4v) is 3.47. The fourth-order valence-electron chi connectivity index (χ4n) is 2.60. The molecule has 0 saturated carbocycles. The summed E-state index contributed by atoms with van der Waals surface area (Å²) in [5, 5.41) is 12.7. The Balaban J connectivity index is 1.69. The van der Waals surface area contributed by atoms with Gasteiger partial charge in [0.05, 0.1) is 6.54 Å². The van der Waals surface area contributed by atoms with E-state index in [1.54, 1.807) is 23.0 Å². The molecular formula is C19H17Cl3N4S. The second-order valence-electron chi connectivity index (χ2n) is 6.16. The van der Waals surface area contributed by atoms with Gasteiger partial charge in [-0.3, -0.25) is 4.68 Å². The Morgan fingerprint density at radius 1 is 1.04 bits per heavy atom. The molecule has 0 aliphatic carbocycles. The number of thiocarbonyl (C=S) groups is 1. The van der Waals surface area contributed by atoms with E-state index in [0.29, 0.717) is 32.5 Å². The molecule has 2 N–H and O–H groups in total. The van der Waals surface area contributed by atoms with Gasteiger partial charge in [-0.1, -0.05) is 58.6 Å². The zero-order chi connectivity index (χ0) is 19.6. The molecule has 1 aromatic heterocycles. The van der Waals surface area contributed by atoms with E-state index in [-0.39, 0.29) is 0 Å². The minimum Gasteiger partial charge on any atom is -0.332 e. The van der Waals surface area contributed by atoms with Crippen LogP contribution in [-0.2, 0) is 6.54 Å². The monoisotopic (exact) mass is 438 g/mol. The third-order valence-corrected chi connectivity index (χ3v) is 4.99. The maximum Gasteiger partial charge on any atom is 0.176 e. The van der Waals surface area contributed by atoms with Crippen LogP contribution in [-0.4, -0.2) is 14.9 Å². The number of rotatable bonds is 4. The van der Waals surface area contributed by atoms with Crippen molar-refractivity contribution in [2.45, 2.75) is 20.4 Å². The van der Waals surface area contributed by atoms with Crippen LogP contribution in [0.4, 0.5) is 11.5 Å². The van der Waals surface area contributed by atoms with E-state index < -0.39 is 0 Å². The number of aromatic nitrogens is 2. The lowest BCUT2D eigenvalue weighted by Crippen LogP contribution is -2.20. The highest BCUT2D eigenvalue weighted by Crippen LogP contribution is 2.24. The Morgan fingerprint density at radius 2 is 1.81 bits per heavy atom. The quantitative estimate of drug-likeness (QED) is 0.467. The lowest BCUT2D eigenvalue weighted by molar-refractivity contribution is 0.690. The van der Waals surface area contributed by atoms with Gasteiger partial charge in [-0.15, -0.1) is 0 Å². The third kappa shape index (κ3) is 5.14. The summed E-state index contributed by atoms with van der Waals surface area (Å²) in [4.78, 5) is 0. The van der Waals surface area contributed by atoms with Crippen molar-refractivity contribution >= 4 is 63.6 Å². The zero-order valence-corrected chi connectivity index (χ0v) is 17.8. The number of aryl methyl sites for hydroxylation is 2. The Morgan fingerprint density at radius 3 is 2.52 bits per heavy atom. The molecule has 27 heavy (non-hydrogen) atoms. The van der Waals surface area contributed by atoms with Crippen LogP contribution in [0.25, 0.3) is 0 Å². The number of hydrogen-bond acceptors (Lipinski definition) is 2. The van der Waals surface area contributed by atoms with Crippen molar-refractivity contribution in [2.75, 3.05) is 10.6 Å². The molecule has 0 saturated heterocycles. The molecule has 4 nitrogen and oxygen atoms in total. The molecule has 0 spiro atoms. The second-order valence-corrected chi connectivity index (χ2v) is 7.82. The van der Waals surface area contributed by atoms with E-state index in [1.165, 1.54) is 5.56 Å². The van der Waals surface area contributed by atoms with Crippen LogP contribution in [0.15, 0.2) is 42.6 Å². The topological polar surface area (TPSA) is 41.9 Å². The van der Waals surface area contributed by atoms with Gasteiger partial charge in [-0.2, -0.15) is 5.10 Å². The van der Waals surface area contributed by atoms with Crippen LogP contribution in [0, 0.1) is 13.8 Å². The van der Waals surface area contributed by atoms with Gasteiger partial charge in [-0.25, -0.2) is 0 Å². The van der Waals surface area contributed by atoms with Gasteiger partial charge < -0.3 is 10.6 Å². The summed E-state index contributed by atoms with van der Waals surface area (Å²) in [5.41, 5.74) is 4.12. The van der Waals surface area contributed by atoms with Gasteiger partial charge in [0.25, 0.3) is 0 Å². The van der Waals surface area contributed by atoms with E-state index in [2.05, 4.69) is 21.8 Å². The predicted molar refractivity (Wildman–Crippen MR) is 119 cm³/mol. The van der Waals surface area contributed by atoms with Gasteiger partial charge in [0, 0.05) is 21.9 Å². The van der Waals surface area contributed by atoms with E-state index >= 15 is 0 Å². The van der Waals surface area contributed by atoms with Crippen molar-refractivity contribution < 1.29 is 0 Å². The lowest BCUT2D eigenvalue weighted by atomic mass is 10.1. The van der Waals surface area contributed by atoms with E-state index in [4.69, 9.17) is 47.0 Å². The molecule has 0 atom stereocenters. The number of halogens is 3. The largest absolute Gasteiger partial charge is 0.332 e. The number of nitrogens with one attached hydrogen (secondary N) is 2. The Kier molecular flexibility index (Phi) is 6.27. The van der Waals surface area contributed by atoms with Crippen LogP contribution >= 0.6 is 47.0 Å². The highest BCUT2D eigenvalue weighted by Gasteiger charge is 2.11. The molecule has 140 valence electrons. The average Bonchev–Trinajstić information content (AvgIpc) is 2.92.